The monoisotopic (exact) mass is 487 g/mol. The number of likely N-dealkylation sites (tertiary alicyclic amines) is 1. The Bertz CT molecular complexity index is 1060. The van der Waals surface area contributed by atoms with E-state index >= 15 is 0 Å². The number of carbonyl (C=O) groups is 2. The first-order valence-electron chi connectivity index (χ1n) is 11.5. The molecule has 1 heterocycles. The van der Waals surface area contributed by atoms with Gasteiger partial charge in [-0.1, -0.05) is 60.7 Å². The maximum Gasteiger partial charge on any atom is 0.310 e. The Balaban J connectivity index is 1.77. The Morgan fingerprint density at radius 2 is 1.53 bits per heavy atom. The number of ether oxygens (including phenoxy) is 1. The number of hydrogen-bond acceptors (Lipinski definition) is 6. The van der Waals surface area contributed by atoms with Gasteiger partial charge in [-0.2, -0.15) is 0 Å². The van der Waals surface area contributed by atoms with Crippen molar-refractivity contribution in [1.29, 1.82) is 0 Å². The van der Waals surface area contributed by atoms with Crippen molar-refractivity contribution < 1.29 is 27.9 Å². The summed E-state index contributed by atoms with van der Waals surface area (Å²) in [4.78, 5) is 27.7. The minimum absolute atomic E-state index is 0.0451. The van der Waals surface area contributed by atoms with E-state index in [0.29, 0.717) is 25.9 Å². The van der Waals surface area contributed by atoms with Gasteiger partial charge in [0, 0.05) is 13.1 Å². The smallest absolute Gasteiger partial charge is 0.310 e. The number of rotatable bonds is 9. The van der Waals surface area contributed by atoms with Gasteiger partial charge in [0.2, 0.25) is 5.91 Å². The summed E-state index contributed by atoms with van der Waals surface area (Å²) in [6, 6.07) is 18.4. The summed E-state index contributed by atoms with van der Waals surface area (Å²) in [6.07, 6.45) is 0.557. The molecule has 34 heavy (non-hydrogen) atoms. The third-order valence-electron chi connectivity index (χ3n) is 6.35. The molecular weight excluding hydrogens is 454 g/mol. The molecule has 1 atom stereocenters. The van der Waals surface area contributed by atoms with Gasteiger partial charge in [0.1, 0.15) is 11.4 Å². The van der Waals surface area contributed by atoms with Gasteiger partial charge in [-0.15, -0.1) is 0 Å². The topological polar surface area (TPSA) is 101 Å². The molecule has 1 fully saturated rings. The van der Waals surface area contributed by atoms with Crippen LogP contribution in [0.15, 0.2) is 60.7 Å². The molecule has 1 aliphatic rings. The predicted molar refractivity (Wildman–Crippen MR) is 130 cm³/mol. The predicted octanol–water partition coefficient (Wildman–Crippen LogP) is 2.77. The molecule has 0 radical (unpaired) electrons. The van der Waals surface area contributed by atoms with Crippen LogP contribution >= 0.6 is 0 Å². The molecule has 1 N–H and O–H groups in total. The second kappa shape index (κ2) is 11.1. The van der Waals surface area contributed by atoms with Crippen LogP contribution in [0.25, 0.3) is 0 Å². The minimum atomic E-state index is -4.02. The van der Waals surface area contributed by atoms with E-state index < -0.39 is 44.2 Å². The largest absolute Gasteiger partial charge is 0.461 e. The van der Waals surface area contributed by atoms with Crippen LogP contribution in [0, 0.1) is 5.92 Å². The van der Waals surface area contributed by atoms with E-state index in [1.807, 2.05) is 60.7 Å². The van der Waals surface area contributed by atoms with Gasteiger partial charge in [0.15, 0.2) is 9.84 Å². The maximum atomic E-state index is 13.5. The molecule has 0 aliphatic carbocycles. The van der Waals surface area contributed by atoms with Crippen molar-refractivity contribution in [2.75, 3.05) is 18.8 Å². The van der Waals surface area contributed by atoms with Crippen LogP contribution in [0.5, 0.6) is 0 Å². The summed E-state index contributed by atoms with van der Waals surface area (Å²) in [5, 5.41) is 9.72. The zero-order valence-corrected chi connectivity index (χ0v) is 20.5. The minimum Gasteiger partial charge on any atom is -0.461 e. The Morgan fingerprint density at radius 3 is 2.09 bits per heavy atom. The van der Waals surface area contributed by atoms with Crippen molar-refractivity contribution >= 4 is 21.7 Å². The molecule has 184 valence electrons. The summed E-state index contributed by atoms with van der Waals surface area (Å²) in [6.45, 7) is 3.45. The highest BCUT2D eigenvalue weighted by molar-refractivity contribution is 7.93. The van der Waals surface area contributed by atoms with E-state index in [1.165, 1.54) is 18.7 Å². The molecule has 7 nitrogen and oxygen atoms in total. The molecule has 0 aromatic heterocycles. The number of aliphatic hydroxyl groups excluding tert-OH is 1. The summed E-state index contributed by atoms with van der Waals surface area (Å²) in [7, 11) is -4.02. The van der Waals surface area contributed by atoms with Gasteiger partial charge >= 0.3 is 5.97 Å². The van der Waals surface area contributed by atoms with Gasteiger partial charge in [-0.05, 0) is 44.2 Å². The number of esters is 1. The number of benzene rings is 2. The van der Waals surface area contributed by atoms with Gasteiger partial charge in [0.05, 0.1) is 17.8 Å². The lowest BCUT2D eigenvalue weighted by atomic mass is 10.0. The summed E-state index contributed by atoms with van der Waals surface area (Å²) >= 11 is 0. The van der Waals surface area contributed by atoms with Crippen LogP contribution in [0.2, 0.25) is 0 Å². The molecule has 1 aliphatic heterocycles. The van der Waals surface area contributed by atoms with Crippen LogP contribution in [0.1, 0.15) is 37.8 Å². The first kappa shape index (κ1) is 25.9. The Hall–Kier alpha value is -2.71. The second-order valence-corrected chi connectivity index (χ2v) is 11.9. The normalized spacial score (nSPS) is 16.1. The van der Waals surface area contributed by atoms with Crippen molar-refractivity contribution in [2.45, 2.75) is 50.6 Å². The molecule has 8 heteroatoms. The number of piperidine rings is 1. The number of amides is 1. The fourth-order valence-electron chi connectivity index (χ4n) is 4.01. The fourth-order valence-corrected chi connectivity index (χ4v) is 5.61. The summed E-state index contributed by atoms with van der Waals surface area (Å²) in [5.74, 6) is -2.56. The van der Waals surface area contributed by atoms with Crippen molar-refractivity contribution in [3.8, 4) is 0 Å². The Labute approximate surface area is 201 Å². The highest BCUT2D eigenvalue weighted by atomic mass is 32.2. The molecule has 1 amide bonds. The summed E-state index contributed by atoms with van der Waals surface area (Å²) in [5.41, 5.74) is 1.62. The van der Waals surface area contributed by atoms with Gasteiger partial charge < -0.3 is 14.7 Å². The first-order chi connectivity index (χ1) is 16.1. The van der Waals surface area contributed by atoms with Gasteiger partial charge in [0.25, 0.3) is 0 Å². The van der Waals surface area contributed by atoms with E-state index in [1.54, 1.807) is 0 Å². The lowest BCUT2D eigenvalue weighted by Crippen LogP contribution is -2.54. The number of sulfone groups is 1. The third-order valence-corrected chi connectivity index (χ3v) is 8.92. The van der Waals surface area contributed by atoms with Crippen molar-refractivity contribution in [1.82, 2.24) is 4.90 Å². The highest BCUT2D eigenvalue weighted by Crippen LogP contribution is 2.26. The van der Waals surface area contributed by atoms with Gasteiger partial charge in [-0.3, -0.25) is 9.59 Å². The van der Waals surface area contributed by atoms with E-state index in [-0.39, 0.29) is 13.0 Å². The van der Waals surface area contributed by atoms with Crippen molar-refractivity contribution in [2.24, 2.45) is 5.92 Å². The molecule has 0 spiro atoms. The number of carbonyl (C=O) groups excluding carboxylic acids is 2. The van der Waals surface area contributed by atoms with E-state index in [9.17, 15) is 23.1 Å². The molecule has 0 bridgehead atoms. The van der Waals surface area contributed by atoms with E-state index in [0.717, 1.165) is 11.1 Å². The van der Waals surface area contributed by atoms with Crippen LogP contribution in [-0.4, -0.2) is 60.0 Å². The number of aliphatic hydroxyl groups is 1. The Morgan fingerprint density at radius 1 is 1.00 bits per heavy atom. The van der Waals surface area contributed by atoms with Crippen LogP contribution in [-0.2, 0) is 37.2 Å². The standard InChI is InChI=1S/C26H33NO6S/c1-26(2,25(30)27-15-13-23(28)14-16-27)34(31,32)19-22(17-20-9-5-3-6-10-20)24(29)33-18-21-11-7-4-8-12-21/h3-12,22-23,28H,13-19H2,1-2H3. The SMILES string of the molecule is CC(C)(C(=O)N1CCC(O)CC1)S(=O)(=O)CC(Cc1ccccc1)C(=O)OCc1ccccc1. The Kier molecular flexibility index (Phi) is 8.49. The molecule has 1 unspecified atom stereocenters. The van der Waals surface area contributed by atoms with Crippen LogP contribution < -0.4 is 0 Å². The van der Waals surface area contributed by atoms with Crippen LogP contribution in [0.4, 0.5) is 0 Å². The zero-order valence-electron chi connectivity index (χ0n) is 19.7. The van der Waals surface area contributed by atoms with E-state index in [2.05, 4.69) is 0 Å². The molecule has 2 aromatic rings. The highest BCUT2D eigenvalue weighted by Gasteiger charge is 2.46. The second-order valence-electron chi connectivity index (χ2n) is 9.30. The molecular formula is C26H33NO6S. The third kappa shape index (κ3) is 6.45. The molecule has 1 saturated heterocycles. The molecule has 2 aromatic carbocycles. The summed E-state index contributed by atoms with van der Waals surface area (Å²) < 4.78 is 30.7. The van der Waals surface area contributed by atoms with Crippen molar-refractivity contribution in [3.05, 3.63) is 71.8 Å². The zero-order chi connectivity index (χ0) is 24.8. The van der Waals surface area contributed by atoms with Crippen LogP contribution in [0.3, 0.4) is 0 Å². The lowest BCUT2D eigenvalue weighted by Gasteiger charge is -2.35. The number of hydrogen-bond donors (Lipinski definition) is 1. The molecule has 3 rings (SSSR count). The van der Waals surface area contributed by atoms with Gasteiger partial charge in [-0.25, -0.2) is 8.42 Å². The lowest BCUT2D eigenvalue weighted by molar-refractivity contribution is -0.149. The average molecular weight is 488 g/mol. The maximum absolute atomic E-state index is 13.5. The quantitative estimate of drug-likeness (QED) is 0.546. The molecule has 0 saturated carbocycles. The van der Waals surface area contributed by atoms with E-state index in [4.69, 9.17) is 4.74 Å². The van der Waals surface area contributed by atoms with Crippen molar-refractivity contribution in [3.63, 3.8) is 0 Å². The number of nitrogens with zero attached hydrogens (tertiary/aromatic N) is 1. The average Bonchev–Trinajstić information content (AvgIpc) is 2.83. The first-order valence-corrected chi connectivity index (χ1v) is 13.2. The fraction of sp³-hybridized carbons (Fsp3) is 0.462.